The molecule has 102 valence electrons. The van der Waals surface area contributed by atoms with Gasteiger partial charge in [0.05, 0.1) is 5.69 Å². The number of unbranched alkanes of at least 4 members (excludes halogenated alkanes) is 2. The standard InChI is InChI=1S/C14H13F3IN/c1-2-3-4-5-10-13(14(15,16)17)19-12-9-7-6-8-11(12)18/h6-9H,2-4H2,1H3. The van der Waals surface area contributed by atoms with E-state index < -0.39 is 11.9 Å². The van der Waals surface area contributed by atoms with Gasteiger partial charge in [-0.3, -0.25) is 0 Å². The lowest BCUT2D eigenvalue weighted by Gasteiger charge is -2.05. The minimum Gasteiger partial charge on any atom is -0.234 e. The predicted molar refractivity (Wildman–Crippen MR) is 79.6 cm³/mol. The Hall–Kier alpha value is -1.03. The van der Waals surface area contributed by atoms with Gasteiger partial charge in [0, 0.05) is 9.99 Å². The van der Waals surface area contributed by atoms with Gasteiger partial charge in [0.25, 0.3) is 0 Å². The van der Waals surface area contributed by atoms with Gasteiger partial charge in [-0.1, -0.05) is 31.4 Å². The average molecular weight is 379 g/mol. The summed E-state index contributed by atoms with van der Waals surface area (Å²) < 4.78 is 39.1. The SMILES string of the molecule is CCCCC#CC(=Nc1ccccc1I)C(F)(F)F. The smallest absolute Gasteiger partial charge is 0.234 e. The van der Waals surface area contributed by atoms with E-state index in [-0.39, 0.29) is 0 Å². The Morgan fingerprint density at radius 1 is 1.32 bits per heavy atom. The largest absolute Gasteiger partial charge is 0.441 e. The highest BCUT2D eigenvalue weighted by molar-refractivity contribution is 14.1. The first-order chi connectivity index (χ1) is 8.95. The molecule has 0 atom stereocenters. The van der Waals surface area contributed by atoms with Gasteiger partial charge >= 0.3 is 6.18 Å². The fourth-order valence-corrected chi connectivity index (χ4v) is 1.74. The van der Waals surface area contributed by atoms with Gasteiger partial charge in [-0.25, -0.2) is 4.99 Å². The summed E-state index contributed by atoms with van der Waals surface area (Å²) in [5.41, 5.74) is -0.743. The van der Waals surface area contributed by atoms with Crippen LogP contribution in [0.3, 0.4) is 0 Å². The summed E-state index contributed by atoms with van der Waals surface area (Å²) in [6, 6.07) is 6.65. The molecule has 0 spiro atoms. The molecule has 1 rings (SSSR count). The van der Waals surface area contributed by atoms with Crippen LogP contribution in [-0.2, 0) is 0 Å². The monoisotopic (exact) mass is 379 g/mol. The van der Waals surface area contributed by atoms with Crippen molar-refractivity contribution in [1.29, 1.82) is 0 Å². The third-order valence-corrected chi connectivity index (χ3v) is 3.13. The average Bonchev–Trinajstić information content (AvgIpc) is 2.34. The number of alkyl halides is 3. The Labute approximate surface area is 124 Å². The maximum atomic E-state index is 12.8. The third kappa shape index (κ3) is 5.64. The molecule has 0 aliphatic heterocycles. The Balaban J connectivity index is 3.04. The van der Waals surface area contributed by atoms with E-state index in [2.05, 4.69) is 16.8 Å². The van der Waals surface area contributed by atoms with Crippen LogP contribution >= 0.6 is 22.6 Å². The number of hydrogen-bond acceptors (Lipinski definition) is 1. The number of hydrogen-bond donors (Lipinski definition) is 0. The van der Waals surface area contributed by atoms with E-state index in [0.717, 1.165) is 12.8 Å². The lowest BCUT2D eigenvalue weighted by atomic mass is 10.2. The predicted octanol–water partition coefficient (Wildman–Crippen LogP) is 5.12. The van der Waals surface area contributed by atoms with Gasteiger partial charge in [-0.15, -0.1) is 0 Å². The van der Waals surface area contributed by atoms with Crippen molar-refractivity contribution in [2.45, 2.75) is 32.4 Å². The number of benzene rings is 1. The topological polar surface area (TPSA) is 12.4 Å². The molecule has 0 saturated heterocycles. The van der Waals surface area contributed by atoms with Crippen LogP contribution in [0.5, 0.6) is 0 Å². The Morgan fingerprint density at radius 2 is 2.00 bits per heavy atom. The van der Waals surface area contributed by atoms with Crippen molar-refractivity contribution in [3.63, 3.8) is 0 Å². The molecule has 0 heterocycles. The van der Waals surface area contributed by atoms with Crippen LogP contribution in [0.2, 0.25) is 0 Å². The molecule has 0 fully saturated rings. The Bertz CT molecular complexity index is 509. The van der Waals surface area contributed by atoms with E-state index in [4.69, 9.17) is 0 Å². The molecular formula is C14H13F3IN. The Kier molecular flexibility index (Phi) is 6.35. The quantitative estimate of drug-likeness (QED) is 0.299. The number of halogens is 4. The van der Waals surface area contributed by atoms with Gasteiger partial charge in [0.1, 0.15) is 0 Å². The first-order valence-electron chi connectivity index (χ1n) is 5.84. The summed E-state index contributed by atoms with van der Waals surface area (Å²) in [5, 5.41) is 0. The van der Waals surface area contributed by atoms with Crippen LogP contribution in [0.4, 0.5) is 18.9 Å². The van der Waals surface area contributed by atoms with Gasteiger partial charge < -0.3 is 0 Å². The molecule has 0 saturated carbocycles. The van der Waals surface area contributed by atoms with Gasteiger partial charge in [-0.05, 0) is 47.1 Å². The molecule has 0 aliphatic carbocycles. The minimum atomic E-state index is -4.52. The fraction of sp³-hybridized carbons (Fsp3) is 0.357. The summed E-state index contributed by atoms with van der Waals surface area (Å²) in [7, 11) is 0. The van der Waals surface area contributed by atoms with E-state index in [1.807, 2.05) is 29.5 Å². The van der Waals surface area contributed by atoms with Crippen molar-refractivity contribution in [1.82, 2.24) is 0 Å². The van der Waals surface area contributed by atoms with Gasteiger partial charge in [-0.2, -0.15) is 13.2 Å². The summed E-state index contributed by atoms with van der Waals surface area (Å²) in [4.78, 5) is 3.64. The maximum Gasteiger partial charge on any atom is 0.441 e. The zero-order valence-electron chi connectivity index (χ0n) is 10.4. The van der Waals surface area contributed by atoms with Crippen molar-refractivity contribution in [3.8, 4) is 11.8 Å². The van der Waals surface area contributed by atoms with Gasteiger partial charge in [0.15, 0.2) is 5.71 Å². The summed E-state index contributed by atoms with van der Waals surface area (Å²) >= 11 is 1.95. The lowest BCUT2D eigenvalue weighted by molar-refractivity contribution is -0.0571. The maximum absolute atomic E-state index is 12.8. The van der Waals surface area contributed by atoms with E-state index in [1.165, 1.54) is 0 Å². The minimum absolute atomic E-state index is 0.292. The highest BCUT2D eigenvalue weighted by Crippen LogP contribution is 2.25. The Morgan fingerprint density at radius 3 is 2.58 bits per heavy atom. The fourth-order valence-electron chi connectivity index (χ4n) is 1.24. The third-order valence-electron chi connectivity index (χ3n) is 2.22. The number of rotatable bonds is 3. The highest BCUT2D eigenvalue weighted by Gasteiger charge is 2.34. The molecule has 0 bridgehead atoms. The second kappa shape index (κ2) is 7.53. The molecule has 0 aromatic heterocycles. The van der Waals surface area contributed by atoms with Crippen molar-refractivity contribution >= 4 is 34.0 Å². The van der Waals surface area contributed by atoms with E-state index in [1.54, 1.807) is 24.3 Å². The molecule has 1 aromatic rings. The molecule has 0 N–H and O–H groups in total. The second-order valence-corrected chi connectivity index (χ2v) is 4.98. The highest BCUT2D eigenvalue weighted by atomic mass is 127. The van der Waals surface area contributed by atoms with Crippen LogP contribution < -0.4 is 0 Å². The second-order valence-electron chi connectivity index (χ2n) is 3.81. The van der Waals surface area contributed by atoms with Crippen LogP contribution in [0.15, 0.2) is 29.3 Å². The summed E-state index contributed by atoms with van der Waals surface area (Å²) in [6.07, 6.45) is -2.36. The summed E-state index contributed by atoms with van der Waals surface area (Å²) in [5.74, 6) is 4.67. The zero-order chi connectivity index (χ0) is 14.3. The number of aliphatic imine (C=N–C) groups is 1. The van der Waals surface area contributed by atoms with Gasteiger partial charge in [0.2, 0.25) is 0 Å². The first-order valence-corrected chi connectivity index (χ1v) is 6.92. The van der Waals surface area contributed by atoms with Crippen LogP contribution in [0.1, 0.15) is 26.2 Å². The molecule has 0 unspecified atom stereocenters. The number of para-hydroxylation sites is 1. The van der Waals surface area contributed by atoms with E-state index in [9.17, 15) is 13.2 Å². The molecule has 19 heavy (non-hydrogen) atoms. The van der Waals surface area contributed by atoms with E-state index >= 15 is 0 Å². The first kappa shape index (κ1) is 16.0. The van der Waals surface area contributed by atoms with Crippen molar-refractivity contribution in [2.24, 2.45) is 4.99 Å². The number of nitrogens with zero attached hydrogens (tertiary/aromatic N) is 1. The van der Waals surface area contributed by atoms with Crippen molar-refractivity contribution in [2.75, 3.05) is 0 Å². The van der Waals surface area contributed by atoms with E-state index in [0.29, 0.717) is 15.7 Å². The molecule has 0 amide bonds. The molecule has 5 heteroatoms. The molecule has 0 radical (unpaired) electrons. The normalized spacial score (nSPS) is 11.9. The van der Waals surface area contributed by atoms with Crippen LogP contribution in [-0.4, -0.2) is 11.9 Å². The van der Waals surface area contributed by atoms with Crippen molar-refractivity contribution in [3.05, 3.63) is 27.8 Å². The molecule has 0 aliphatic rings. The molecular weight excluding hydrogens is 366 g/mol. The van der Waals surface area contributed by atoms with Crippen molar-refractivity contribution < 1.29 is 13.2 Å². The lowest BCUT2D eigenvalue weighted by Crippen LogP contribution is -2.21. The molecule has 1 aromatic carbocycles. The molecule has 1 nitrogen and oxygen atoms in total. The summed E-state index contributed by atoms with van der Waals surface area (Å²) in [6.45, 7) is 1.97. The zero-order valence-corrected chi connectivity index (χ0v) is 12.5. The van der Waals surface area contributed by atoms with Crippen LogP contribution in [0, 0.1) is 15.4 Å². The van der Waals surface area contributed by atoms with Crippen LogP contribution in [0.25, 0.3) is 0 Å².